The van der Waals surface area contributed by atoms with Crippen molar-refractivity contribution < 1.29 is 14.7 Å². The van der Waals surface area contributed by atoms with E-state index in [2.05, 4.69) is 22.6 Å². The maximum atomic E-state index is 12.3. The molecular formula is C13H14INO3. The maximum absolute atomic E-state index is 12.3. The minimum atomic E-state index is -0.845. The number of amides is 1. The second-order valence-electron chi connectivity index (χ2n) is 4.40. The van der Waals surface area contributed by atoms with E-state index >= 15 is 0 Å². The lowest BCUT2D eigenvalue weighted by molar-refractivity contribution is -0.137. The predicted molar refractivity (Wildman–Crippen MR) is 75.5 cm³/mol. The van der Waals surface area contributed by atoms with Crippen LogP contribution in [0.15, 0.2) is 24.3 Å². The molecule has 1 fully saturated rings. The van der Waals surface area contributed by atoms with Crippen molar-refractivity contribution in [3.63, 3.8) is 0 Å². The average molecular weight is 359 g/mol. The molecule has 0 spiro atoms. The number of likely N-dealkylation sites (tertiary alicyclic amines) is 1. The molecule has 0 aliphatic carbocycles. The Kier molecular flexibility index (Phi) is 4.21. The third kappa shape index (κ3) is 3.01. The monoisotopic (exact) mass is 359 g/mol. The van der Waals surface area contributed by atoms with Crippen LogP contribution in [-0.4, -0.2) is 34.5 Å². The number of aliphatic carboxylic acids is 1. The van der Waals surface area contributed by atoms with Gasteiger partial charge in [0.25, 0.3) is 5.91 Å². The Hall–Kier alpha value is -1.11. The molecule has 1 unspecified atom stereocenters. The predicted octanol–water partition coefficient (Wildman–Crippen LogP) is 2.37. The summed E-state index contributed by atoms with van der Waals surface area (Å²) in [4.78, 5) is 24.8. The van der Waals surface area contributed by atoms with Crippen LogP contribution in [0.4, 0.5) is 0 Å². The number of carboxylic acid groups (broad SMARTS) is 1. The van der Waals surface area contributed by atoms with Gasteiger partial charge in [-0.25, -0.2) is 0 Å². The molecule has 1 heterocycles. The van der Waals surface area contributed by atoms with Crippen LogP contribution in [0, 0.1) is 3.57 Å². The van der Waals surface area contributed by atoms with E-state index in [0.29, 0.717) is 12.1 Å². The van der Waals surface area contributed by atoms with Crippen molar-refractivity contribution in [1.82, 2.24) is 4.90 Å². The number of carbonyl (C=O) groups is 2. The lowest BCUT2D eigenvalue weighted by atomic mass is 10.1. The van der Waals surface area contributed by atoms with Gasteiger partial charge in [-0.05, 0) is 53.6 Å². The molecule has 96 valence electrons. The van der Waals surface area contributed by atoms with Gasteiger partial charge in [0.05, 0.1) is 6.42 Å². The maximum Gasteiger partial charge on any atom is 0.305 e. The molecule has 1 aliphatic rings. The minimum Gasteiger partial charge on any atom is -0.481 e. The molecule has 18 heavy (non-hydrogen) atoms. The standard InChI is InChI=1S/C13H14INO3/c14-10-4-1-3-9(7-10)13(18)15-6-2-5-11(15)8-12(16)17/h1,3-4,7,11H,2,5-6,8H2,(H,16,17). The van der Waals surface area contributed by atoms with Gasteiger partial charge in [0.15, 0.2) is 0 Å². The van der Waals surface area contributed by atoms with E-state index < -0.39 is 5.97 Å². The Labute approximate surface area is 119 Å². The van der Waals surface area contributed by atoms with Gasteiger partial charge < -0.3 is 10.0 Å². The quantitative estimate of drug-likeness (QED) is 0.844. The van der Waals surface area contributed by atoms with E-state index in [1.54, 1.807) is 11.0 Å². The molecule has 1 aromatic rings. The highest BCUT2D eigenvalue weighted by atomic mass is 127. The van der Waals surface area contributed by atoms with Crippen LogP contribution in [0.3, 0.4) is 0 Å². The van der Waals surface area contributed by atoms with Crippen molar-refractivity contribution >= 4 is 34.5 Å². The number of halogens is 1. The second kappa shape index (κ2) is 5.69. The summed E-state index contributed by atoms with van der Waals surface area (Å²) < 4.78 is 1.01. The molecule has 0 saturated carbocycles. The van der Waals surface area contributed by atoms with Gasteiger partial charge in [0, 0.05) is 21.7 Å². The fourth-order valence-corrected chi connectivity index (χ4v) is 2.85. The summed E-state index contributed by atoms with van der Waals surface area (Å²) in [7, 11) is 0. The van der Waals surface area contributed by atoms with Crippen LogP contribution < -0.4 is 0 Å². The van der Waals surface area contributed by atoms with Crippen LogP contribution in [0.25, 0.3) is 0 Å². The first kappa shape index (κ1) is 13.3. The van der Waals surface area contributed by atoms with E-state index in [4.69, 9.17) is 5.11 Å². The average Bonchev–Trinajstić information content (AvgIpc) is 2.75. The molecule has 1 amide bonds. The Bertz CT molecular complexity index is 475. The summed E-state index contributed by atoms with van der Waals surface area (Å²) >= 11 is 2.16. The second-order valence-corrected chi connectivity index (χ2v) is 5.65. The topological polar surface area (TPSA) is 57.6 Å². The first-order valence-corrected chi connectivity index (χ1v) is 6.94. The lowest BCUT2D eigenvalue weighted by Gasteiger charge is -2.23. The zero-order valence-corrected chi connectivity index (χ0v) is 12.0. The molecule has 1 N–H and O–H groups in total. The molecule has 0 radical (unpaired) electrons. The van der Waals surface area contributed by atoms with E-state index in [1.165, 1.54) is 0 Å². The molecule has 1 saturated heterocycles. The van der Waals surface area contributed by atoms with Crippen molar-refractivity contribution in [2.24, 2.45) is 0 Å². The van der Waals surface area contributed by atoms with Crippen LogP contribution in [0.2, 0.25) is 0 Å². The van der Waals surface area contributed by atoms with Gasteiger partial charge >= 0.3 is 5.97 Å². The molecule has 1 aliphatic heterocycles. The van der Waals surface area contributed by atoms with Crippen molar-refractivity contribution in [3.05, 3.63) is 33.4 Å². The number of carboxylic acids is 1. The van der Waals surface area contributed by atoms with Crippen LogP contribution >= 0.6 is 22.6 Å². The zero-order chi connectivity index (χ0) is 13.1. The number of hydrogen-bond acceptors (Lipinski definition) is 2. The number of nitrogens with zero attached hydrogens (tertiary/aromatic N) is 1. The zero-order valence-electron chi connectivity index (χ0n) is 9.80. The third-order valence-electron chi connectivity index (χ3n) is 3.12. The number of benzene rings is 1. The Morgan fingerprint density at radius 2 is 2.22 bits per heavy atom. The van der Waals surface area contributed by atoms with Crippen molar-refractivity contribution in [2.75, 3.05) is 6.54 Å². The smallest absolute Gasteiger partial charge is 0.305 e. The van der Waals surface area contributed by atoms with Crippen molar-refractivity contribution in [1.29, 1.82) is 0 Å². The highest BCUT2D eigenvalue weighted by Crippen LogP contribution is 2.23. The molecule has 1 atom stereocenters. The Morgan fingerprint density at radius 3 is 2.89 bits per heavy atom. The molecule has 4 nitrogen and oxygen atoms in total. The van der Waals surface area contributed by atoms with E-state index in [9.17, 15) is 9.59 Å². The first-order valence-electron chi connectivity index (χ1n) is 5.86. The highest BCUT2D eigenvalue weighted by molar-refractivity contribution is 14.1. The minimum absolute atomic E-state index is 0.0374. The number of carbonyl (C=O) groups excluding carboxylic acids is 1. The van der Waals surface area contributed by atoms with E-state index in [1.807, 2.05) is 18.2 Å². The Morgan fingerprint density at radius 1 is 1.44 bits per heavy atom. The number of hydrogen-bond donors (Lipinski definition) is 1. The summed E-state index contributed by atoms with van der Waals surface area (Å²) in [6.07, 6.45) is 1.70. The van der Waals surface area contributed by atoms with Crippen molar-refractivity contribution in [3.8, 4) is 0 Å². The summed E-state index contributed by atoms with van der Waals surface area (Å²) in [6.45, 7) is 0.655. The van der Waals surface area contributed by atoms with Gasteiger partial charge in [-0.2, -0.15) is 0 Å². The van der Waals surface area contributed by atoms with Gasteiger partial charge in [-0.3, -0.25) is 9.59 Å². The molecule has 2 rings (SSSR count). The first-order chi connectivity index (χ1) is 8.58. The molecule has 0 bridgehead atoms. The van der Waals surface area contributed by atoms with E-state index in [0.717, 1.165) is 16.4 Å². The van der Waals surface area contributed by atoms with Crippen LogP contribution in [0.5, 0.6) is 0 Å². The largest absolute Gasteiger partial charge is 0.481 e. The summed E-state index contributed by atoms with van der Waals surface area (Å²) in [5, 5.41) is 8.85. The van der Waals surface area contributed by atoms with Gasteiger partial charge in [0.2, 0.25) is 0 Å². The van der Waals surface area contributed by atoms with Gasteiger partial charge in [0.1, 0.15) is 0 Å². The highest BCUT2D eigenvalue weighted by Gasteiger charge is 2.30. The lowest BCUT2D eigenvalue weighted by Crippen LogP contribution is -2.36. The van der Waals surface area contributed by atoms with Gasteiger partial charge in [-0.1, -0.05) is 6.07 Å². The molecule has 5 heteroatoms. The Balaban J connectivity index is 2.15. The summed E-state index contributed by atoms with van der Waals surface area (Å²) in [6, 6.07) is 7.22. The third-order valence-corrected chi connectivity index (χ3v) is 3.79. The fraction of sp³-hybridized carbons (Fsp3) is 0.385. The molecule has 0 aromatic heterocycles. The molecular weight excluding hydrogens is 345 g/mol. The fourth-order valence-electron chi connectivity index (χ4n) is 2.30. The van der Waals surface area contributed by atoms with Gasteiger partial charge in [-0.15, -0.1) is 0 Å². The summed E-state index contributed by atoms with van der Waals surface area (Å²) in [5.74, 6) is -0.903. The molecule has 1 aromatic carbocycles. The van der Waals surface area contributed by atoms with Crippen molar-refractivity contribution in [2.45, 2.75) is 25.3 Å². The summed E-state index contributed by atoms with van der Waals surface area (Å²) in [5.41, 5.74) is 0.638. The number of rotatable bonds is 3. The van der Waals surface area contributed by atoms with E-state index in [-0.39, 0.29) is 18.4 Å². The van der Waals surface area contributed by atoms with Crippen LogP contribution in [-0.2, 0) is 4.79 Å². The normalized spacial score (nSPS) is 18.9. The van der Waals surface area contributed by atoms with Crippen LogP contribution in [0.1, 0.15) is 29.6 Å². The SMILES string of the molecule is O=C(O)CC1CCCN1C(=O)c1cccc(I)c1.